The quantitative estimate of drug-likeness (QED) is 0.378. The second-order valence-electron chi connectivity index (χ2n) is 4.51. The van der Waals surface area contributed by atoms with Gasteiger partial charge in [-0.1, -0.05) is 15.9 Å². The van der Waals surface area contributed by atoms with Crippen molar-refractivity contribution < 1.29 is 26.3 Å². The lowest BCUT2D eigenvalue weighted by Gasteiger charge is -2.37. The van der Waals surface area contributed by atoms with Crippen LogP contribution in [0.4, 0.5) is 26.3 Å². The van der Waals surface area contributed by atoms with Gasteiger partial charge in [0.2, 0.25) is 5.54 Å². The molecule has 4 fully saturated rings. The van der Waals surface area contributed by atoms with Crippen LogP contribution in [-0.2, 0) is 0 Å². The number of piperidine rings is 3. The molecule has 3 saturated heterocycles. The lowest BCUT2D eigenvalue weighted by molar-refractivity contribution is -0.328. The predicted molar refractivity (Wildman–Crippen MR) is 45.1 cm³/mol. The maximum atomic E-state index is 12.9. The smallest absolute Gasteiger partial charge is 0.272 e. The fraction of sp³-hybridized carbons (Fsp3) is 1.00. The largest absolute Gasteiger partial charge is 0.416 e. The van der Waals surface area contributed by atoms with Gasteiger partial charge in [0.15, 0.2) is 0 Å². The van der Waals surface area contributed by atoms with Crippen LogP contribution < -0.4 is 0 Å². The van der Waals surface area contributed by atoms with Gasteiger partial charge in [0.05, 0.1) is 0 Å². The van der Waals surface area contributed by atoms with Gasteiger partial charge in [-0.3, -0.25) is 4.90 Å². The molecule has 8 heteroatoms. The lowest BCUT2D eigenvalue weighted by Crippen LogP contribution is -2.63. The van der Waals surface area contributed by atoms with Gasteiger partial charge in [-0.25, -0.2) is 0 Å². The molecule has 92 valence electrons. The van der Waals surface area contributed by atoms with Crippen LogP contribution >= 0.6 is 15.9 Å². The van der Waals surface area contributed by atoms with Crippen molar-refractivity contribution in [2.45, 2.75) is 41.2 Å². The summed E-state index contributed by atoms with van der Waals surface area (Å²) in [5.74, 6) is -1.40. The lowest BCUT2D eigenvalue weighted by atomic mass is 9.85. The van der Waals surface area contributed by atoms with E-state index < -0.39 is 40.7 Å². The van der Waals surface area contributed by atoms with Gasteiger partial charge in [0.1, 0.15) is 0 Å². The van der Waals surface area contributed by atoms with E-state index in [4.69, 9.17) is 0 Å². The number of hydrogen-bond donors (Lipinski definition) is 0. The van der Waals surface area contributed by atoms with Crippen LogP contribution in [0.2, 0.25) is 0 Å². The van der Waals surface area contributed by atoms with Crippen molar-refractivity contribution in [3.05, 3.63) is 0 Å². The van der Waals surface area contributed by atoms with Crippen LogP contribution in [0.3, 0.4) is 0 Å². The average molecular weight is 310 g/mol. The molecule has 1 saturated carbocycles. The van der Waals surface area contributed by atoms with Gasteiger partial charge < -0.3 is 0 Å². The molecule has 1 aliphatic carbocycles. The van der Waals surface area contributed by atoms with Crippen molar-refractivity contribution >= 4 is 15.9 Å². The summed E-state index contributed by atoms with van der Waals surface area (Å²) in [6, 6.07) is -1.13. The van der Waals surface area contributed by atoms with E-state index in [-0.39, 0.29) is 6.42 Å². The van der Waals surface area contributed by atoms with Crippen LogP contribution in [0.1, 0.15) is 6.42 Å². The summed E-state index contributed by atoms with van der Waals surface area (Å²) in [6.07, 6.45) is -10.5. The maximum Gasteiger partial charge on any atom is 0.416 e. The van der Waals surface area contributed by atoms with Crippen molar-refractivity contribution in [3.8, 4) is 0 Å². The first-order valence-electron chi connectivity index (χ1n) is 4.70. The molecule has 3 aliphatic heterocycles. The van der Waals surface area contributed by atoms with Gasteiger partial charge in [-0.05, 0) is 6.42 Å². The Morgan fingerprint density at radius 2 is 1.56 bits per heavy atom. The van der Waals surface area contributed by atoms with Crippen LogP contribution in [0.25, 0.3) is 0 Å². The Labute approximate surface area is 94.9 Å². The zero-order valence-electron chi connectivity index (χ0n) is 7.61. The Hall–Kier alpha value is 0.0200. The van der Waals surface area contributed by atoms with Gasteiger partial charge in [0, 0.05) is 22.8 Å². The molecule has 0 radical (unpaired) electrons. The summed E-state index contributed by atoms with van der Waals surface area (Å²) in [4.78, 5) is -0.0994. The van der Waals surface area contributed by atoms with Gasteiger partial charge >= 0.3 is 12.4 Å². The Bertz CT molecular complexity index is 335. The van der Waals surface area contributed by atoms with E-state index in [2.05, 4.69) is 15.9 Å². The molecule has 4 aliphatic rings. The van der Waals surface area contributed by atoms with Crippen LogP contribution in [-0.4, -0.2) is 39.7 Å². The third kappa shape index (κ3) is 0.878. The normalized spacial score (nSPS) is 48.6. The third-order valence-electron chi connectivity index (χ3n) is 4.00. The van der Waals surface area contributed by atoms with Crippen molar-refractivity contribution in [1.29, 1.82) is 0 Å². The molecule has 0 aromatic carbocycles. The highest BCUT2D eigenvalue weighted by Gasteiger charge is 2.92. The highest BCUT2D eigenvalue weighted by Crippen LogP contribution is 2.73. The fourth-order valence-electron chi connectivity index (χ4n) is 3.51. The van der Waals surface area contributed by atoms with Crippen LogP contribution in [0, 0.1) is 5.92 Å². The molecule has 4 bridgehead atoms. The molecule has 0 amide bonds. The van der Waals surface area contributed by atoms with Crippen molar-refractivity contribution in [1.82, 2.24) is 4.90 Å². The highest BCUT2D eigenvalue weighted by atomic mass is 79.9. The predicted octanol–water partition coefficient (Wildman–Crippen LogP) is 2.70. The summed E-state index contributed by atoms with van der Waals surface area (Å²) in [5, 5.41) is 0. The minimum atomic E-state index is -5.26. The molecule has 4 rings (SSSR count). The molecule has 0 aromatic heterocycles. The highest BCUT2D eigenvalue weighted by molar-refractivity contribution is 9.09. The van der Waals surface area contributed by atoms with Crippen molar-refractivity contribution in [2.75, 3.05) is 0 Å². The fourth-order valence-corrected chi connectivity index (χ4v) is 4.72. The molecular formula is C8H6BrF6N. The molecule has 0 spiro atoms. The Kier molecular flexibility index (Phi) is 1.77. The molecule has 3 heterocycles. The topological polar surface area (TPSA) is 3.01 Å². The number of alkyl halides is 7. The van der Waals surface area contributed by atoms with E-state index in [1.54, 1.807) is 0 Å². The first kappa shape index (κ1) is 11.1. The Morgan fingerprint density at radius 1 is 1.06 bits per heavy atom. The van der Waals surface area contributed by atoms with Crippen molar-refractivity contribution in [2.24, 2.45) is 5.92 Å². The van der Waals surface area contributed by atoms with E-state index in [1.165, 1.54) is 0 Å². The standard InChI is InChI=1S/C8H6BrF6N/c9-4-2-1-3-5(4)16(3)6(2,7(10,11)12)8(13,14)15/h2-5H,1H2/t2-,3-,4+,5-,16?/m0/s1. The number of hydrogen-bond acceptors (Lipinski definition) is 1. The molecule has 1 unspecified atom stereocenters. The maximum absolute atomic E-state index is 12.9. The van der Waals surface area contributed by atoms with Gasteiger partial charge in [0.25, 0.3) is 0 Å². The van der Waals surface area contributed by atoms with Crippen LogP contribution in [0.5, 0.6) is 0 Å². The van der Waals surface area contributed by atoms with Crippen LogP contribution in [0.15, 0.2) is 0 Å². The zero-order chi connectivity index (χ0) is 12.1. The van der Waals surface area contributed by atoms with E-state index >= 15 is 0 Å². The second-order valence-corrected chi connectivity index (χ2v) is 5.57. The number of rotatable bonds is 0. The SMILES string of the molecule is FC(F)(F)C1(C(F)(F)F)[C@H]2C[C@H]3[C@@H]([C@@H]2Br)N31. The monoisotopic (exact) mass is 309 g/mol. The minimum Gasteiger partial charge on any atom is -0.272 e. The van der Waals surface area contributed by atoms with E-state index in [1.807, 2.05) is 0 Å². The first-order chi connectivity index (χ1) is 7.14. The van der Waals surface area contributed by atoms with E-state index in [0.717, 1.165) is 0 Å². The first-order valence-corrected chi connectivity index (χ1v) is 5.61. The molecule has 5 atom stereocenters. The second kappa shape index (κ2) is 2.55. The van der Waals surface area contributed by atoms with E-state index in [0.29, 0.717) is 4.90 Å². The molecule has 16 heavy (non-hydrogen) atoms. The summed E-state index contributed by atoms with van der Waals surface area (Å²) < 4.78 is 77.1. The summed E-state index contributed by atoms with van der Waals surface area (Å²) in [6.45, 7) is 0. The van der Waals surface area contributed by atoms with E-state index in [9.17, 15) is 26.3 Å². The minimum absolute atomic E-state index is 0.0143. The third-order valence-corrected chi connectivity index (χ3v) is 5.18. The summed E-state index contributed by atoms with van der Waals surface area (Å²) in [7, 11) is 0. The number of halogens is 7. The molecule has 0 aromatic rings. The Morgan fingerprint density at radius 3 is 1.69 bits per heavy atom. The zero-order valence-corrected chi connectivity index (χ0v) is 9.20. The molecule has 0 N–H and O–H groups in total. The molecule has 1 nitrogen and oxygen atoms in total. The summed E-state index contributed by atoms with van der Waals surface area (Å²) in [5.41, 5.74) is -3.61. The Balaban J connectivity index is 2.14. The average Bonchev–Trinajstić information content (AvgIpc) is 2.43. The van der Waals surface area contributed by atoms with Gasteiger partial charge in [-0.15, -0.1) is 0 Å². The van der Waals surface area contributed by atoms with Gasteiger partial charge in [-0.2, -0.15) is 26.3 Å². The number of nitrogens with zero attached hydrogens (tertiary/aromatic N) is 1. The summed E-state index contributed by atoms with van der Waals surface area (Å²) >= 11 is 2.97. The molecular weight excluding hydrogens is 304 g/mol. The van der Waals surface area contributed by atoms with Crippen molar-refractivity contribution in [3.63, 3.8) is 0 Å².